The highest BCUT2D eigenvalue weighted by Crippen LogP contribution is 2.26. The maximum atomic E-state index is 13.2. The molecule has 0 saturated carbocycles. The van der Waals surface area contributed by atoms with E-state index in [-0.39, 0.29) is 39.7 Å². The van der Waals surface area contributed by atoms with E-state index in [9.17, 15) is 24.0 Å². The van der Waals surface area contributed by atoms with Gasteiger partial charge in [-0.05, 0) is 145 Å². The molecule has 0 unspecified atom stereocenters. The van der Waals surface area contributed by atoms with E-state index in [1.54, 1.807) is 84.9 Å². The minimum absolute atomic E-state index is 0.213. The van der Waals surface area contributed by atoms with E-state index in [1.807, 2.05) is 0 Å². The molecule has 74 heavy (non-hydrogen) atoms. The molecule has 0 heterocycles. The van der Waals surface area contributed by atoms with Gasteiger partial charge in [-0.1, -0.05) is 142 Å². The van der Waals surface area contributed by atoms with Crippen molar-refractivity contribution in [2.24, 2.45) is 0 Å². The van der Waals surface area contributed by atoms with Crippen molar-refractivity contribution in [2.45, 2.75) is 142 Å². The fourth-order valence-corrected chi connectivity index (χ4v) is 8.36. The van der Waals surface area contributed by atoms with Gasteiger partial charge < -0.3 is 28.4 Å². The first-order chi connectivity index (χ1) is 36.2. The SMILES string of the molecule is CCCCCCCCCCCCOC(=O)c1ccc(OC(=O)c2ccc(OC(=O)c3ccc4ccc(OC(=O)c5ccc(OC(=O)c6ccc(OCCCCCCCCCCCC)cc6)cc5)cc4c3)cc2)cc1. The van der Waals surface area contributed by atoms with E-state index in [4.69, 9.17) is 28.4 Å². The van der Waals surface area contributed by atoms with Crippen LogP contribution < -0.4 is 23.7 Å². The predicted octanol–water partition coefficient (Wildman–Crippen LogP) is 16.1. The third-order valence-electron chi connectivity index (χ3n) is 12.7. The highest BCUT2D eigenvalue weighted by Gasteiger charge is 2.16. The van der Waals surface area contributed by atoms with Crippen LogP contribution in [0.1, 0.15) is 194 Å². The molecule has 0 N–H and O–H groups in total. The van der Waals surface area contributed by atoms with Gasteiger partial charge in [0.25, 0.3) is 0 Å². The summed E-state index contributed by atoms with van der Waals surface area (Å²) in [5, 5.41) is 1.43. The van der Waals surface area contributed by atoms with E-state index in [0.717, 1.165) is 37.5 Å². The topological polar surface area (TPSA) is 141 Å². The van der Waals surface area contributed by atoms with Crippen LogP contribution in [0.25, 0.3) is 10.8 Å². The Hall–Kier alpha value is -7.27. The van der Waals surface area contributed by atoms with Gasteiger partial charge in [0, 0.05) is 0 Å². The third-order valence-corrected chi connectivity index (χ3v) is 12.7. The summed E-state index contributed by atoms with van der Waals surface area (Å²) in [5.74, 6) is -1.13. The first-order valence-corrected chi connectivity index (χ1v) is 26.8. The van der Waals surface area contributed by atoms with Crippen molar-refractivity contribution >= 4 is 40.6 Å². The highest BCUT2D eigenvalue weighted by molar-refractivity contribution is 5.98. The van der Waals surface area contributed by atoms with Gasteiger partial charge in [0.05, 0.1) is 41.0 Å². The zero-order valence-corrected chi connectivity index (χ0v) is 43.2. The van der Waals surface area contributed by atoms with Gasteiger partial charge in [0.1, 0.15) is 28.7 Å². The molecule has 11 nitrogen and oxygen atoms in total. The molecule has 0 amide bonds. The molecular formula is C63H72O11. The number of hydrogen-bond acceptors (Lipinski definition) is 11. The Morgan fingerprint density at radius 1 is 0.284 bits per heavy atom. The number of unbranched alkanes of at least 4 members (excludes halogenated alkanes) is 18. The van der Waals surface area contributed by atoms with Gasteiger partial charge in [-0.2, -0.15) is 0 Å². The smallest absolute Gasteiger partial charge is 0.343 e. The average Bonchev–Trinajstić information content (AvgIpc) is 3.42. The maximum absolute atomic E-state index is 13.2. The quantitative estimate of drug-likeness (QED) is 0.0226. The molecule has 6 aromatic carbocycles. The van der Waals surface area contributed by atoms with Crippen LogP contribution in [0.3, 0.4) is 0 Å². The summed E-state index contributed by atoms with van der Waals surface area (Å²) in [5.41, 5.74) is 1.47. The zero-order chi connectivity index (χ0) is 52.2. The number of rotatable bonds is 32. The van der Waals surface area contributed by atoms with Gasteiger partial charge in [-0.3, -0.25) is 0 Å². The van der Waals surface area contributed by atoms with Crippen molar-refractivity contribution in [1.29, 1.82) is 0 Å². The fourth-order valence-electron chi connectivity index (χ4n) is 8.36. The van der Waals surface area contributed by atoms with Crippen LogP contribution in [-0.4, -0.2) is 43.1 Å². The standard InChI is InChI=1S/C63H72O11/c1-3-5-7-9-11-13-15-17-19-21-43-69-54-34-26-49(27-35-54)60(65)72-56-38-32-51(33-39-56)62(67)74-58-42-25-47-23-24-52(45-53(47)46-58)63(68)73-57-40-30-50(31-41-57)61(66)71-55-36-28-48(29-37-55)59(64)70-44-22-20-18-16-14-12-10-8-6-4-2/h23-42,45-46H,3-22,43-44H2,1-2H3. The van der Waals surface area contributed by atoms with Gasteiger partial charge in [-0.15, -0.1) is 0 Å². The third kappa shape index (κ3) is 19.3. The molecule has 11 heteroatoms. The predicted molar refractivity (Wildman–Crippen MR) is 289 cm³/mol. The Morgan fingerprint density at radius 3 is 1.03 bits per heavy atom. The van der Waals surface area contributed by atoms with Gasteiger partial charge in [0.15, 0.2) is 0 Å². The summed E-state index contributed by atoms with van der Waals surface area (Å²) in [4.78, 5) is 64.6. The number of hydrogen-bond donors (Lipinski definition) is 0. The van der Waals surface area contributed by atoms with Crippen LogP contribution in [0.15, 0.2) is 133 Å². The number of benzene rings is 6. The second kappa shape index (κ2) is 31.3. The Bertz CT molecular complexity index is 2670. The van der Waals surface area contributed by atoms with Gasteiger partial charge >= 0.3 is 29.8 Å². The van der Waals surface area contributed by atoms with Crippen LogP contribution in [0.5, 0.6) is 28.7 Å². The molecule has 0 aliphatic rings. The number of esters is 5. The fraction of sp³-hybridized carbons (Fsp3) is 0.381. The average molecular weight is 1010 g/mol. The number of fused-ring (bicyclic) bond motifs is 1. The van der Waals surface area contributed by atoms with E-state index in [1.165, 1.54) is 145 Å². The largest absolute Gasteiger partial charge is 0.494 e. The Balaban J connectivity index is 0.893. The molecule has 0 atom stereocenters. The molecule has 0 aliphatic carbocycles. The molecule has 0 fully saturated rings. The monoisotopic (exact) mass is 1000 g/mol. The minimum Gasteiger partial charge on any atom is -0.494 e. The number of carbonyl (C=O) groups excluding carboxylic acids is 5. The summed E-state index contributed by atoms with van der Waals surface area (Å²) in [6.45, 7) is 5.48. The molecule has 0 aromatic heterocycles. The van der Waals surface area contributed by atoms with Crippen molar-refractivity contribution < 1.29 is 52.4 Å². The van der Waals surface area contributed by atoms with Crippen molar-refractivity contribution in [2.75, 3.05) is 13.2 Å². The van der Waals surface area contributed by atoms with Crippen LogP contribution in [0, 0.1) is 0 Å². The van der Waals surface area contributed by atoms with Crippen molar-refractivity contribution in [3.8, 4) is 28.7 Å². The normalized spacial score (nSPS) is 10.9. The molecule has 0 bridgehead atoms. The number of carbonyl (C=O) groups is 5. The second-order valence-corrected chi connectivity index (χ2v) is 18.7. The highest BCUT2D eigenvalue weighted by atomic mass is 16.6. The molecule has 6 rings (SSSR count). The Kier molecular flexibility index (Phi) is 23.7. The van der Waals surface area contributed by atoms with Crippen molar-refractivity contribution in [3.05, 3.63) is 161 Å². The van der Waals surface area contributed by atoms with E-state index >= 15 is 0 Å². The summed E-state index contributed by atoms with van der Waals surface area (Å²) >= 11 is 0. The lowest BCUT2D eigenvalue weighted by atomic mass is 10.1. The first kappa shape index (κ1) is 56.0. The number of ether oxygens (including phenoxy) is 6. The summed E-state index contributed by atoms with van der Waals surface area (Å²) in [6.07, 6.45) is 24.6. The first-order valence-electron chi connectivity index (χ1n) is 26.8. The van der Waals surface area contributed by atoms with Crippen molar-refractivity contribution in [3.63, 3.8) is 0 Å². The molecule has 0 aliphatic heterocycles. The molecule has 0 radical (unpaired) electrons. The van der Waals surface area contributed by atoms with Gasteiger partial charge in [0.2, 0.25) is 0 Å². The summed E-state index contributed by atoms with van der Waals surface area (Å²) < 4.78 is 33.6. The molecule has 0 saturated heterocycles. The maximum Gasteiger partial charge on any atom is 0.343 e. The van der Waals surface area contributed by atoms with E-state index in [0.29, 0.717) is 35.5 Å². The molecular weight excluding hydrogens is 933 g/mol. The summed E-state index contributed by atoms with van der Waals surface area (Å²) in [6, 6.07) is 35.2. The van der Waals surface area contributed by atoms with Crippen LogP contribution in [0.4, 0.5) is 0 Å². The van der Waals surface area contributed by atoms with Crippen LogP contribution in [0.2, 0.25) is 0 Å². The Morgan fingerprint density at radius 2 is 0.595 bits per heavy atom. The Labute approximate surface area is 436 Å². The van der Waals surface area contributed by atoms with E-state index in [2.05, 4.69) is 13.8 Å². The van der Waals surface area contributed by atoms with Crippen molar-refractivity contribution in [1.82, 2.24) is 0 Å². The second-order valence-electron chi connectivity index (χ2n) is 18.7. The summed E-state index contributed by atoms with van der Waals surface area (Å²) in [7, 11) is 0. The van der Waals surface area contributed by atoms with Gasteiger partial charge in [-0.25, -0.2) is 24.0 Å². The van der Waals surface area contributed by atoms with Crippen LogP contribution in [-0.2, 0) is 4.74 Å². The molecule has 0 spiro atoms. The lowest BCUT2D eigenvalue weighted by Crippen LogP contribution is -2.11. The lowest BCUT2D eigenvalue weighted by Gasteiger charge is -2.09. The lowest BCUT2D eigenvalue weighted by molar-refractivity contribution is 0.0496. The van der Waals surface area contributed by atoms with Crippen LogP contribution >= 0.6 is 0 Å². The minimum atomic E-state index is -0.631. The molecule has 390 valence electrons. The van der Waals surface area contributed by atoms with E-state index < -0.39 is 29.8 Å². The zero-order valence-electron chi connectivity index (χ0n) is 43.2. The molecule has 6 aromatic rings.